The van der Waals surface area contributed by atoms with E-state index in [1.807, 2.05) is 0 Å². The number of hydrogen-bond acceptors (Lipinski definition) is 7. The van der Waals surface area contributed by atoms with Crippen LogP contribution in [0.4, 0.5) is 0 Å². The number of aliphatic hydroxyl groups excluding tert-OH is 2. The monoisotopic (exact) mass is 476 g/mol. The average Bonchev–Trinajstić information content (AvgIpc) is 2.78. The van der Waals surface area contributed by atoms with E-state index in [0.29, 0.717) is 13.1 Å². The quantitative estimate of drug-likeness (QED) is 0.102. The summed E-state index contributed by atoms with van der Waals surface area (Å²) in [5, 5.41) is 20.9. The van der Waals surface area contributed by atoms with Crippen LogP contribution in [0.1, 0.15) is 90.4 Å². The average molecular weight is 477 g/mol. The molecular weight excluding hydrogens is 420 g/mol. The lowest BCUT2D eigenvalue weighted by Crippen LogP contribution is -2.36. The molecule has 194 valence electrons. The van der Waals surface area contributed by atoms with E-state index in [4.69, 9.17) is 11.5 Å². The predicted molar refractivity (Wildman–Crippen MR) is 143 cm³/mol. The third-order valence-electron chi connectivity index (χ3n) is 6.08. The van der Waals surface area contributed by atoms with E-state index in [-0.39, 0.29) is 12.2 Å². The minimum Gasteiger partial charge on any atom is -0.392 e. The molecule has 32 heavy (non-hydrogen) atoms. The lowest BCUT2D eigenvalue weighted by molar-refractivity contribution is 0.0940. The maximum atomic E-state index is 10.4. The number of unbranched alkanes of at least 4 members (excludes halogenated alkanes) is 6. The fraction of sp³-hybridized carbons (Fsp3) is 1.00. The number of thiol groups is 1. The van der Waals surface area contributed by atoms with Crippen LogP contribution in [0.25, 0.3) is 0 Å². The highest BCUT2D eigenvalue weighted by Crippen LogP contribution is 2.10. The van der Waals surface area contributed by atoms with Gasteiger partial charge in [0.25, 0.3) is 0 Å². The van der Waals surface area contributed by atoms with Gasteiger partial charge in [-0.1, -0.05) is 45.4 Å². The molecule has 0 spiro atoms. The fourth-order valence-corrected chi connectivity index (χ4v) is 4.37. The van der Waals surface area contributed by atoms with Gasteiger partial charge in [0.1, 0.15) is 0 Å². The van der Waals surface area contributed by atoms with Gasteiger partial charge in [0.15, 0.2) is 0 Å². The Morgan fingerprint density at radius 3 is 1.47 bits per heavy atom. The van der Waals surface area contributed by atoms with Crippen molar-refractivity contribution in [2.75, 3.05) is 58.1 Å². The van der Waals surface area contributed by atoms with E-state index in [9.17, 15) is 10.2 Å². The molecule has 0 bridgehead atoms. The van der Waals surface area contributed by atoms with Gasteiger partial charge in [0.2, 0.25) is 0 Å². The van der Waals surface area contributed by atoms with Crippen LogP contribution in [0, 0.1) is 0 Å². The summed E-state index contributed by atoms with van der Waals surface area (Å²) in [5.74, 6) is 0.927. The van der Waals surface area contributed by atoms with Crippen LogP contribution >= 0.6 is 12.6 Å². The van der Waals surface area contributed by atoms with Gasteiger partial charge >= 0.3 is 0 Å². The van der Waals surface area contributed by atoms with Gasteiger partial charge in [-0.25, -0.2) is 0 Å². The Bertz CT molecular complexity index is 346. The molecule has 0 aliphatic rings. The van der Waals surface area contributed by atoms with Crippen molar-refractivity contribution in [2.45, 2.75) is 103 Å². The summed E-state index contributed by atoms with van der Waals surface area (Å²) < 4.78 is 0. The number of aliphatic hydroxyl groups is 2. The van der Waals surface area contributed by atoms with Crippen molar-refractivity contribution in [1.29, 1.82) is 0 Å². The fourth-order valence-electron chi connectivity index (χ4n) is 4.14. The molecule has 0 aromatic heterocycles. The normalized spacial score (nSPS) is 13.9. The largest absolute Gasteiger partial charge is 0.392 e. The summed E-state index contributed by atoms with van der Waals surface area (Å²) in [6.45, 7) is 9.03. The highest BCUT2D eigenvalue weighted by molar-refractivity contribution is 7.80. The van der Waals surface area contributed by atoms with Crippen molar-refractivity contribution < 1.29 is 10.2 Å². The summed E-state index contributed by atoms with van der Waals surface area (Å²) in [4.78, 5) is 4.76. The van der Waals surface area contributed by atoms with Crippen molar-refractivity contribution in [1.82, 2.24) is 9.80 Å². The second-order valence-corrected chi connectivity index (χ2v) is 9.77. The summed E-state index contributed by atoms with van der Waals surface area (Å²) in [5.41, 5.74) is 11.4. The molecule has 0 aliphatic heterocycles. The Labute approximate surface area is 204 Å². The van der Waals surface area contributed by atoms with Crippen molar-refractivity contribution >= 4 is 12.6 Å². The first-order valence-corrected chi connectivity index (χ1v) is 14.0. The molecule has 2 atom stereocenters. The summed E-state index contributed by atoms with van der Waals surface area (Å²) in [7, 11) is 0. The first-order valence-electron chi connectivity index (χ1n) is 13.4. The van der Waals surface area contributed by atoms with Crippen molar-refractivity contribution in [3.8, 4) is 0 Å². The highest BCUT2D eigenvalue weighted by atomic mass is 32.1. The predicted octanol–water partition coefficient (Wildman–Crippen LogP) is 3.25. The van der Waals surface area contributed by atoms with Crippen LogP contribution in [0.3, 0.4) is 0 Å². The smallest absolute Gasteiger partial charge is 0.0667 e. The van der Waals surface area contributed by atoms with Crippen molar-refractivity contribution in [3.05, 3.63) is 0 Å². The molecule has 0 aliphatic carbocycles. The molecule has 0 fully saturated rings. The molecule has 2 unspecified atom stereocenters. The van der Waals surface area contributed by atoms with Gasteiger partial charge in [0, 0.05) is 13.1 Å². The molecule has 0 aromatic carbocycles. The highest BCUT2D eigenvalue weighted by Gasteiger charge is 2.14. The Morgan fingerprint density at radius 2 is 1.06 bits per heavy atom. The van der Waals surface area contributed by atoms with Crippen LogP contribution in [0.5, 0.6) is 0 Å². The SMILES string of the molecule is CCCCCCC(O)CN(CCCN)CCCCN(CCCN)CC(O)CCCCCS. The first-order chi connectivity index (χ1) is 15.6. The minimum atomic E-state index is -0.253. The van der Waals surface area contributed by atoms with Crippen LogP contribution in [-0.2, 0) is 0 Å². The number of rotatable bonds is 25. The molecule has 0 amide bonds. The van der Waals surface area contributed by atoms with Crippen LogP contribution in [0.15, 0.2) is 0 Å². The molecule has 0 radical (unpaired) electrons. The van der Waals surface area contributed by atoms with Gasteiger partial charge in [0.05, 0.1) is 12.2 Å². The van der Waals surface area contributed by atoms with Crippen LogP contribution in [-0.4, -0.2) is 90.3 Å². The first kappa shape index (κ1) is 32.1. The molecule has 0 saturated heterocycles. The lowest BCUT2D eigenvalue weighted by Gasteiger charge is -2.27. The molecule has 0 rings (SSSR count). The molecule has 6 nitrogen and oxygen atoms in total. The maximum absolute atomic E-state index is 10.4. The Hall–Kier alpha value is 0.110. The van der Waals surface area contributed by atoms with Gasteiger partial charge in [-0.15, -0.1) is 0 Å². The van der Waals surface area contributed by atoms with E-state index in [1.54, 1.807) is 0 Å². The van der Waals surface area contributed by atoms with E-state index in [1.165, 1.54) is 19.3 Å². The Kier molecular flexibility index (Phi) is 24.3. The number of nitrogens with two attached hydrogens (primary N) is 2. The van der Waals surface area contributed by atoms with E-state index >= 15 is 0 Å². The number of nitrogens with zero attached hydrogens (tertiary/aromatic N) is 2. The summed E-state index contributed by atoms with van der Waals surface area (Å²) >= 11 is 4.25. The Morgan fingerprint density at radius 1 is 0.625 bits per heavy atom. The Balaban J connectivity index is 4.29. The zero-order valence-electron chi connectivity index (χ0n) is 21.1. The zero-order chi connectivity index (χ0) is 23.9. The summed E-state index contributed by atoms with van der Waals surface area (Å²) in [6, 6.07) is 0. The third kappa shape index (κ3) is 20.7. The second kappa shape index (κ2) is 24.2. The van der Waals surface area contributed by atoms with Gasteiger partial charge in [-0.05, 0) is 90.0 Å². The standard InChI is InChI=1S/C25H56N4O2S/c1-2-3-4-6-13-24(30)22-28(19-11-15-26)17-8-9-18-29(20-12-16-27)23-25(31)14-7-5-10-21-32/h24-25,30-32H,2-23,26-27H2,1H3. The van der Waals surface area contributed by atoms with E-state index < -0.39 is 0 Å². The van der Waals surface area contributed by atoms with Crippen LogP contribution in [0.2, 0.25) is 0 Å². The molecule has 0 saturated carbocycles. The van der Waals surface area contributed by atoms with Gasteiger partial charge in [-0.3, -0.25) is 0 Å². The van der Waals surface area contributed by atoms with Gasteiger partial charge in [-0.2, -0.15) is 12.6 Å². The molecular formula is C25H56N4O2S. The summed E-state index contributed by atoms with van der Waals surface area (Å²) in [6.07, 6.45) is 13.6. The van der Waals surface area contributed by atoms with E-state index in [2.05, 4.69) is 29.4 Å². The molecule has 7 heteroatoms. The molecule has 0 heterocycles. The van der Waals surface area contributed by atoms with Gasteiger partial charge < -0.3 is 31.5 Å². The third-order valence-corrected chi connectivity index (χ3v) is 6.40. The van der Waals surface area contributed by atoms with Crippen molar-refractivity contribution in [2.24, 2.45) is 11.5 Å². The minimum absolute atomic E-state index is 0.233. The zero-order valence-corrected chi connectivity index (χ0v) is 22.0. The second-order valence-electron chi connectivity index (χ2n) is 9.32. The maximum Gasteiger partial charge on any atom is 0.0667 e. The lowest BCUT2D eigenvalue weighted by atomic mass is 10.1. The molecule has 6 N–H and O–H groups in total. The topological polar surface area (TPSA) is 99.0 Å². The van der Waals surface area contributed by atoms with E-state index in [0.717, 1.165) is 109 Å². The van der Waals surface area contributed by atoms with Crippen LogP contribution < -0.4 is 11.5 Å². The molecule has 0 aromatic rings. The van der Waals surface area contributed by atoms with Crippen molar-refractivity contribution in [3.63, 3.8) is 0 Å². The number of hydrogen-bond donors (Lipinski definition) is 5.